The summed E-state index contributed by atoms with van der Waals surface area (Å²) in [5, 5.41) is 11.7. The zero-order valence-corrected chi connectivity index (χ0v) is 37.5. The zero-order valence-electron chi connectivity index (χ0n) is 35.0. The number of hydrogen-bond donors (Lipinski definition) is 0. The smallest absolute Gasteiger partial charge is 0.410 e. The number of nitriles is 1. The topological polar surface area (TPSA) is 101 Å². The summed E-state index contributed by atoms with van der Waals surface area (Å²) in [7, 11) is -2.20. The largest absolute Gasteiger partial charge is 0.444 e. The number of benzene rings is 2. The molecule has 0 unspecified atom stereocenters. The quantitative estimate of drug-likeness (QED) is 0.164. The van der Waals surface area contributed by atoms with Gasteiger partial charge in [0.05, 0.1) is 45.9 Å². The van der Waals surface area contributed by atoms with E-state index in [0.29, 0.717) is 46.7 Å². The number of carbonyl (C=O) groups excluding carboxylic acids is 2. The first-order chi connectivity index (χ1) is 27.2. The van der Waals surface area contributed by atoms with Crippen molar-refractivity contribution < 1.29 is 23.1 Å². The second kappa shape index (κ2) is 14.5. The fourth-order valence-electron chi connectivity index (χ4n) is 9.33. The molecular formula is C45H54Cl2FN5O4Si. The van der Waals surface area contributed by atoms with Crippen molar-refractivity contribution in [2.45, 2.75) is 135 Å². The molecule has 5 heterocycles. The maximum atomic E-state index is 17.5. The molecule has 3 saturated heterocycles. The number of amides is 2. The number of aromatic nitrogens is 2. The molecule has 308 valence electrons. The number of hydrogen-bond acceptors (Lipinski definition) is 6. The normalized spacial score (nSPS) is 23.5. The Balaban J connectivity index is 1.36. The first-order valence-electron chi connectivity index (χ1n) is 20.7. The summed E-state index contributed by atoms with van der Waals surface area (Å²) >= 11 is 13.2. The Labute approximate surface area is 351 Å². The number of ether oxygens (including phenoxy) is 1. The summed E-state index contributed by atoms with van der Waals surface area (Å²) < 4.78 is 32.8. The van der Waals surface area contributed by atoms with Gasteiger partial charge < -0.3 is 23.5 Å². The van der Waals surface area contributed by atoms with Crippen LogP contribution in [0.3, 0.4) is 0 Å². The van der Waals surface area contributed by atoms with Crippen LogP contribution in [0.25, 0.3) is 32.9 Å². The van der Waals surface area contributed by atoms with Gasteiger partial charge >= 0.3 is 6.09 Å². The predicted octanol–water partition coefficient (Wildman–Crippen LogP) is 11.3. The van der Waals surface area contributed by atoms with E-state index < -0.39 is 19.7 Å². The van der Waals surface area contributed by atoms with Crippen LogP contribution in [0.1, 0.15) is 103 Å². The van der Waals surface area contributed by atoms with Gasteiger partial charge in [-0.05, 0) is 95.3 Å². The number of aryl methyl sites for hydroxylation is 2. The highest BCUT2D eigenvalue weighted by atomic mass is 35.5. The molecule has 4 aromatic rings. The van der Waals surface area contributed by atoms with Gasteiger partial charge in [0.25, 0.3) is 0 Å². The molecular weight excluding hydrogens is 793 g/mol. The van der Waals surface area contributed by atoms with Crippen LogP contribution in [0.5, 0.6) is 0 Å². The van der Waals surface area contributed by atoms with E-state index in [2.05, 4.69) is 55.5 Å². The molecule has 2 aromatic heterocycles. The molecule has 58 heavy (non-hydrogen) atoms. The molecule has 0 radical (unpaired) electrons. The maximum absolute atomic E-state index is 17.5. The second-order valence-corrected chi connectivity index (χ2v) is 25.0. The molecule has 0 spiro atoms. The molecule has 2 bridgehead atoms. The Morgan fingerprint density at radius 1 is 1.03 bits per heavy atom. The van der Waals surface area contributed by atoms with Crippen LogP contribution in [0, 0.1) is 35.9 Å². The minimum absolute atomic E-state index is 0.00671. The lowest BCUT2D eigenvalue weighted by atomic mass is 9.79. The fraction of sp³-hybridized carbons (Fsp3) is 0.556. The van der Waals surface area contributed by atoms with Crippen LogP contribution in [0.15, 0.2) is 30.3 Å². The van der Waals surface area contributed by atoms with E-state index in [1.54, 1.807) is 18.2 Å². The monoisotopic (exact) mass is 845 g/mol. The minimum atomic E-state index is -2.20. The predicted molar refractivity (Wildman–Crippen MR) is 229 cm³/mol. The minimum Gasteiger partial charge on any atom is -0.444 e. The van der Waals surface area contributed by atoms with Gasteiger partial charge in [0.1, 0.15) is 11.1 Å². The third-order valence-electron chi connectivity index (χ3n) is 13.3. The molecule has 9 rings (SSSR count). The zero-order chi connectivity index (χ0) is 41.8. The molecule has 2 saturated carbocycles. The lowest BCUT2D eigenvalue weighted by Gasteiger charge is -2.40. The van der Waals surface area contributed by atoms with Gasteiger partial charge in [0.15, 0.2) is 14.1 Å². The van der Waals surface area contributed by atoms with E-state index >= 15 is 4.39 Å². The van der Waals surface area contributed by atoms with Crippen LogP contribution in [0.2, 0.25) is 28.2 Å². The van der Waals surface area contributed by atoms with Crippen molar-refractivity contribution in [1.82, 2.24) is 19.4 Å². The van der Waals surface area contributed by atoms with Crippen molar-refractivity contribution in [2.75, 3.05) is 13.1 Å². The van der Waals surface area contributed by atoms with Crippen LogP contribution < -0.4 is 0 Å². The third kappa shape index (κ3) is 6.99. The van der Waals surface area contributed by atoms with Gasteiger partial charge in [-0.1, -0.05) is 56.1 Å². The Morgan fingerprint density at radius 3 is 2.41 bits per heavy atom. The molecule has 2 aliphatic carbocycles. The molecule has 13 heteroatoms. The summed E-state index contributed by atoms with van der Waals surface area (Å²) in [6.07, 6.45) is 3.17. The van der Waals surface area contributed by atoms with Gasteiger partial charge in [-0.2, -0.15) is 5.26 Å². The average molecular weight is 847 g/mol. The highest BCUT2D eigenvalue weighted by molar-refractivity contribution is 6.74. The van der Waals surface area contributed by atoms with Crippen LogP contribution in [0.4, 0.5) is 9.18 Å². The molecule has 5 atom stereocenters. The maximum Gasteiger partial charge on any atom is 0.410 e. The van der Waals surface area contributed by atoms with Crippen molar-refractivity contribution in [1.29, 1.82) is 5.26 Å². The van der Waals surface area contributed by atoms with Crippen LogP contribution in [-0.4, -0.2) is 70.5 Å². The molecule has 5 fully saturated rings. The lowest BCUT2D eigenvalue weighted by molar-refractivity contribution is -0.133. The standard InChI is InChI=1S/C45H54Cl2FN5O4Si/c1-24-30-21-34(33-20-28(57-58(8,9)45(5,6)7)23-51(33)42(54)25-15-16-25)53(40-27-19-35(40)52(22-27)43(55)56-44(2,3)4)41(30)31-18-26(12-11-17-49)36(38(48)39(31)50-24)29-13-10-14-32(46)37(29)47/h10,13-14,18,21,25,27-28,33,35,40H,11-12,15-16,19-20,22-23H2,1-9H3/t27-,28-,33-,35-,40+/m1/s1. The van der Waals surface area contributed by atoms with Crippen molar-refractivity contribution in [2.24, 2.45) is 11.8 Å². The summed E-state index contributed by atoms with van der Waals surface area (Å²) in [6.45, 7) is 19.8. The first kappa shape index (κ1) is 41.1. The van der Waals surface area contributed by atoms with E-state index in [1.807, 2.05) is 38.7 Å². The number of fused-ring (bicyclic) bond motifs is 4. The van der Waals surface area contributed by atoms with E-state index in [9.17, 15) is 14.9 Å². The number of nitrogens with zero attached hydrogens (tertiary/aromatic N) is 5. The fourth-order valence-corrected chi connectivity index (χ4v) is 11.1. The molecule has 2 aromatic carbocycles. The lowest BCUT2D eigenvalue weighted by Crippen LogP contribution is -2.45. The van der Waals surface area contributed by atoms with E-state index in [-0.39, 0.29) is 82.0 Å². The van der Waals surface area contributed by atoms with Gasteiger partial charge in [-0.15, -0.1) is 0 Å². The van der Waals surface area contributed by atoms with Crippen molar-refractivity contribution >= 4 is 65.3 Å². The highest BCUT2D eigenvalue weighted by Gasteiger charge is 2.57. The number of rotatable bonds is 8. The Hall–Kier alpha value is -3.69. The van der Waals surface area contributed by atoms with E-state index in [1.165, 1.54) is 0 Å². The number of likely N-dealkylation sites (tertiary alicyclic amines) is 1. The summed E-state index contributed by atoms with van der Waals surface area (Å²) in [5.74, 6) is -0.249. The van der Waals surface area contributed by atoms with Crippen LogP contribution >= 0.6 is 23.2 Å². The van der Waals surface area contributed by atoms with E-state index in [4.69, 9.17) is 37.3 Å². The average Bonchev–Trinajstić information content (AvgIpc) is 3.40. The third-order valence-corrected chi connectivity index (χ3v) is 18.7. The SMILES string of the molecule is Cc1nc2c(F)c(-c3cccc(Cl)c3Cl)c(CCC#N)cc2c2c1cc([C@H]1C[C@@H](O[Si](C)(C)C(C)(C)C)CN1C(=O)C1CC1)n2[C@H]1[C@@H]2C[C@H]1N(C(=O)OC(C)(C)C)C2. The summed E-state index contributed by atoms with van der Waals surface area (Å²) in [5.41, 5.74) is 3.30. The number of halogens is 3. The first-order valence-corrected chi connectivity index (χ1v) is 24.3. The highest BCUT2D eigenvalue weighted by Crippen LogP contribution is 2.55. The van der Waals surface area contributed by atoms with E-state index in [0.717, 1.165) is 35.9 Å². The molecule has 5 aliphatic rings. The summed E-state index contributed by atoms with van der Waals surface area (Å²) in [6, 6.07) is 10.9. The summed E-state index contributed by atoms with van der Waals surface area (Å²) in [4.78, 5) is 36.8. The van der Waals surface area contributed by atoms with Crippen molar-refractivity contribution in [3.8, 4) is 17.2 Å². The van der Waals surface area contributed by atoms with Gasteiger partial charge in [-0.25, -0.2) is 14.2 Å². The van der Waals surface area contributed by atoms with Gasteiger partial charge in [-0.3, -0.25) is 4.79 Å². The number of carbonyl (C=O) groups is 2. The van der Waals surface area contributed by atoms with Gasteiger partial charge in [0.2, 0.25) is 5.91 Å². The molecule has 9 nitrogen and oxygen atoms in total. The number of pyridine rings is 1. The second-order valence-electron chi connectivity index (χ2n) is 19.5. The molecule has 0 N–H and O–H groups in total. The Bertz CT molecular complexity index is 2390. The van der Waals surface area contributed by atoms with Gasteiger partial charge in [0, 0.05) is 71.1 Å². The molecule has 2 amide bonds. The van der Waals surface area contributed by atoms with Crippen molar-refractivity contribution in [3.63, 3.8) is 0 Å². The van der Waals surface area contributed by atoms with Crippen molar-refractivity contribution in [3.05, 3.63) is 63.1 Å². The van der Waals surface area contributed by atoms with Crippen LogP contribution in [-0.2, 0) is 20.4 Å². The molecule has 3 aliphatic heterocycles. The Morgan fingerprint density at radius 2 is 1.76 bits per heavy atom. The Kier molecular flexibility index (Phi) is 10.3.